The van der Waals surface area contributed by atoms with E-state index in [4.69, 9.17) is 17.3 Å². The lowest BCUT2D eigenvalue weighted by Gasteiger charge is -2.40. The summed E-state index contributed by atoms with van der Waals surface area (Å²) in [6, 6.07) is 29.4. The highest BCUT2D eigenvalue weighted by Gasteiger charge is 2.28. The van der Waals surface area contributed by atoms with Crippen LogP contribution in [0.1, 0.15) is 22.7 Å². The number of piperazine rings is 1. The van der Waals surface area contributed by atoms with Gasteiger partial charge in [-0.25, -0.2) is 9.97 Å². The molecule has 0 spiro atoms. The molecule has 178 valence electrons. The fourth-order valence-electron chi connectivity index (χ4n) is 4.68. The number of nitrogen functional groups attached to an aromatic ring is 1. The Hall–Kier alpha value is -3.61. The van der Waals surface area contributed by atoms with Gasteiger partial charge in [0.05, 0.1) is 6.04 Å². The Labute approximate surface area is 211 Å². The van der Waals surface area contributed by atoms with Crippen LogP contribution in [0.3, 0.4) is 0 Å². The zero-order valence-electron chi connectivity index (χ0n) is 19.5. The van der Waals surface area contributed by atoms with Crippen molar-refractivity contribution in [3.8, 4) is 0 Å². The zero-order valence-corrected chi connectivity index (χ0v) is 20.3. The molecular weight excluding hydrogens is 456 g/mol. The third kappa shape index (κ3) is 5.24. The molecule has 1 aliphatic heterocycles. The van der Waals surface area contributed by atoms with Crippen molar-refractivity contribution in [1.82, 2.24) is 14.9 Å². The Morgan fingerprint density at radius 1 is 0.800 bits per heavy atom. The monoisotopic (exact) mass is 484 g/mol. The summed E-state index contributed by atoms with van der Waals surface area (Å²) in [4.78, 5) is 13.7. The summed E-state index contributed by atoms with van der Waals surface area (Å²) in [5, 5.41) is 4.04. The second-order valence-electron chi connectivity index (χ2n) is 8.65. The van der Waals surface area contributed by atoms with Gasteiger partial charge >= 0.3 is 0 Å². The van der Waals surface area contributed by atoms with E-state index in [1.54, 1.807) is 6.33 Å². The highest BCUT2D eigenvalue weighted by atomic mass is 35.5. The van der Waals surface area contributed by atoms with E-state index in [-0.39, 0.29) is 6.04 Å². The molecule has 0 atom stereocenters. The van der Waals surface area contributed by atoms with Gasteiger partial charge in [-0.15, -0.1) is 0 Å². The van der Waals surface area contributed by atoms with Crippen molar-refractivity contribution in [3.05, 3.63) is 113 Å². The number of hydrogen-bond donors (Lipinski definition) is 2. The smallest absolute Gasteiger partial charge is 0.157 e. The summed E-state index contributed by atoms with van der Waals surface area (Å²) in [5.41, 5.74) is 10.7. The van der Waals surface area contributed by atoms with E-state index in [0.717, 1.165) is 42.6 Å². The number of hydrogen-bond acceptors (Lipinski definition) is 6. The molecule has 5 rings (SSSR count). The van der Waals surface area contributed by atoms with Crippen LogP contribution in [-0.4, -0.2) is 41.0 Å². The van der Waals surface area contributed by atoms with Crippen molar-refractivity contribution < 1.29 is 0 Å². The second kappa shape index (κ2) is 10.8. The quantitative estimate of drug-likeness (QED) is 0.374. The molecule has 0 bridgehead atoms. The van der Waals surface area contributed by atoms with Crippen molar-refractivity contribution in [1.29, 1.82) is 0 Å². The summed E-state index contributed by atoms with van der Waals surface area (Å²) in [7, 11) is 0. The lowest BCUT2D eigenvalue weighted by atomic mass is 9.96. The van der Waals surface area contributed by atoms with E-state index in [0.29, 0.717) is 18.1 Å². The molecule has 1 aliphatic rings. The molecule has 35 heavy (non-hydrogen) atoms. The number of halogens is 1. The minimum Gasteiger partial charge on any atom is -0.393 e. The highest BCUT2D eigenvalue weighted by molar-refractivity contribution is 6.31. The SMILES string of the molecule is Nc1c(NCc2ccccc2Cl)ncnc1N1CCN(C(c2ccccc2)c2ccccc2)CC1. The van der Waals surface area contributed by atoms with Gasteiger partial charge in [0.15, 0.2) is 11.6 Å². The first-order chi connectivity index (χ1) is 17.2. The van der Waals surface area contributed by atoms with Gasteiger partial charge in [0.25, 0.3) is 0 Å². The van der Waals surface area contributed by atoms with Gasteiger partial charge < -0.3 is 16.0 Å². The van der Waals surface area contributed by atoms with E-state index >= 15 is 0 Å². The lowest BCUT2D eigenvalue weighted by molar-refractivity contribution is 0.212. The van der Waals surface area contributed by atoms with Crippen molar-refractivity contribution >= 4 is 28.9 Å². The van der Waals surface area contributed by atoms with Crippen LogP contribution in [0.5, 0.6) is 0 Å². The Morgan fingerprint density at radius 3 is 2.03 bits per heavy atom. The number of nitrogens with zero attached hydrogens (tertiary/aromatic N) is 4. The zero-order chi connectivity index (χ0) is 24.0. The van der Waals surface area contributed by atoms with Gasteiger partial charge in [0.1, 0.15) is 12.0 Å². The fraction of sp³-hybridized carbons (Fsp3) is 0.214. The maximum absolute atomic E-state index is 6.52. The van der Waals surface area contributed by atoms with Gasteiger partial charge in [-0.2, -0.15) is 0 Å². The van der Waals surface area contributed by atoms with Crippen LogP contribution < -0.4 is 16.0 Å². The largest absolute Gasteiger partial charge is 0.393 e. The highest BCUT2D eigenvalue weighted by Crippen LogP contribution is 2.32. The third-order valence-corrected chi connectivity index (χ3v) is 6.85. The molecule has 3 N–H and O–H groups in total. The lowest BCUT2D eigenvalue weighted by Crippen LogP contribution is -2.48. The van der Waals surface area contributed by atoms with Crippen LogP contribution in [0.15, 0.2) is 91.3 Å². The van der Waals surface area contributed by atoms with Gasteiger partial charge in [-0.1, -0.05) is 90.5 Å². The average Bonchev–Trinajstić information content (AvgIpc) is 2.91. The molecule has 0 saturated carbocycles. The molecule has 3 aromatic carbocycles. The first-order valence-electron chi connectivity index (χ1n) is 11.9. The van der Waals surface area contributed by atoms with Crippen LogP contribution >= 0.6 is 11.6 Å². The van der Waals surface area contributed by atoms with E-state index < -0.39 is 0 Å². The number of nitrogens with two attached hydrogens (primary N) is 1. The minimum absolute atomic E-state index is 0.218. The molecular formula is C28H29ClN6. The maximum atomic E-state index is 6.52. The molecule has 0 aliphatic carbocycles. The normalized spacial score (nSPS) is 14.3. The standard InChI is InChI=1S/C28H29ClN6/c29-24-14-8-7-13-23(24)19-31-27-25(30)28(33-20-32-27)35-17-15-34(16-18-35)26(21-9-3-1-4-10-21)22-11-5-2-6-12-22/h1-14,20,26H,15-19,30H2,(H,31,32,33). The van der Waals surface area contributed by atoms with Gasteiger partial charge in [0.2, 0.25) is 0 Å². The van der Waals surface area contributed by atoms with Crippen molar-refractivity contribution in [2.75, 3.05) is 42.1 Å². The number of anilines is 3. The number of nitrogens with one attached hydrogen (secondary N) is 1. The van der Waals surface area contributed by atoms with E-state index in [1.165, 1.54) is 11.1 Å². The number of benzene rings is 3. The molecule has 0 radical (unpaired) electrons. The Kier molecular flexibility index (Phi) is 7.12. The Morgan fingerprint density at radius 2 is 1.40 bits per heavy atom. The van der Waals surface area contributed by atoms with E-state index in [2.05, 4.69) is 85.7 Å². The predicted octanol–water partition coefficient (Wildman–Crippen LogP) is 5.24. The number of aromatic nitrogens is 2. The molecule has 1 saturated heterocycles. The maximum Gasteiger partial charge on any atom is 0.157 e. The van der Waals surface area contributed by atoms with Crippen LogP contribution in [0.25, 0.3) is 0 Å². The van der Waals surface area contributed by atoms with Crippen LogP contribution in [0.4, 0.5) is 17.3 Å². The molecule has 0 amide bonds. The van der Waals surface area contributed by atoms with Crippen molar-refractivity contribution in [2.45, 2.75) is 12.6 Å². The minimum atomic E-state index is 0.218. The Balaban J connectivity index is 1.30. The second-order valence-corrected chi connectivity index (χ2v) is 9.06. The van der Waals surface area contributed by atoms with Crippen molar-refractivity contribution in [3.63, 3.8) is 0 Å². The first kappa shape index (κ1) is 23.1. The van der Waals surface area contributed by atoms with Gasteiger partial charge in [-0.3, -0.25) is 4.90 Å². The Bertz CT molecular complexity index is 1200. The van der Waals surface area contributed by atoms with Crippen molar-refractivity contribution in [2.24, 2.45) is 0 Å². The summed E-state index contributed by atoms with van der Waals surface area (Å²) in [5.74, 6) is 1.40. The fourth-order valence-corrected chi connectivity index (χ4v) is 4.88. The molecule has 0 unspecified atom stereocenters. The van der Waals surface area contributed by atoms with Gasteiger partial charge in [0, 0.05) is 37.7 Å². The first-order valence-corrected chi connectivity index (χ1v) is 12.2. The van der Waals surface area contributed by atoms with E-state index in [9.17, 15) is 0 Å². The van der Waals surface area contributed by atoms with Crippen LogP contribution in [0.2, 0.25) is 5.02 Å². The molecule has 1 aromatic heterocycles. The third-order valence-electron chi connectivity index (χ3n) is 6.48. The summed E-state index contributed by atoms with van der Waals surface area (Å²) in [6.07, 6.45) is 1.57. The van der Waals surface area contributed by atoms with Crippen LogP contribution in [-0.2, 0) is 6.54 Å². The molecule has 1 fully saturated rings. The molecule has 2 heterocycles. The van der Waals surface area contributed by atoms with Crippen LogP contribution in [0, 0.1) is 0 Å². The van der Waals surface area contributed by atoms with Gasteiger partial charge in [-0.05, 0) is 22.8 Å². The van der Waals surface area contributed by atoms with E-state index in [1.807, 2.05) is 24.3 Å². The molecule has 4 aromatic rings. The number of rotatable bonds is 7. The average molecular weight is 485 g/mol. The summed E-state index contributed by atoms with van der Waals surface area (Å²) >= 11 is 6.29. The molecule has 7 heteroatoms. The molecule has 6 nitrogen and oxygen atoms in total. The summed E-state index contributed by atoms with van der Waals surface area (Å²) in [6.45, 7) is 4.02. The summed E-state index contributed by atoms with van der Waals surface area (Å²) < 4.78 is 0. The predicted molar refractivity (Wildman–Crippen MR) is 144 cm³/mol. The topological polar surface area (TPSA) is 70.3 Å².